The fourth-order valence-corrected chi connectivity index (χ4v) is 4.24. The quantitative estimate of drug-likeness (QED) is 0.852. The number of ether oxygens (including phenoxy) is 1. The van der Waals surface area contributed by atoms with Crippen LogP contribution < -0.4 is 9.46 Å². The van der Waals surface area contributed by atoms with E-state index in [0.29, 0.717) is 5.76 Å². The predicted octanol–water partition coefficient (Wildman–Crippen LogP) is 1.69. The Balaban J connectivity index is 1.79. The summed E-state index contributed by atoms with van der Waals surface area (Å²) >= 11 is 0. The van der Waals surface area contributed by atoms with Crippen molar-refractivity contribution in [1.82, 2.24) is 9.79 Å². The van der Waals surface area contributed by atoms with Gasteiger partial charge in [-0.05, 0) is 29.8 Å². The molecule has 0 spiro atoms. The Morgan fingerprint density at radius 2 is 2.04 bits per heavy atom. The molecule has 1 aliphatic rings. The van der Waals surface area contributed by atoms with E-state index in [1.54, 1.807) is 43.5 Å². The van der Waals surface area contributed by atoms with Crippen molar-refractivity contribution in [3.8, 4) is 5.75 Å². The maximum Gasteiger partial charge on any atom is 0.219 e. The Hall–Kier alpha value is -1.87. The molecule has 3 rings (SSSR count). The van der Waals surface area contributed by atoms with Gasteiger partial charge in [-0.15, -0.1) is 0 Å². The number of hydrogen-bond donors (Lipinski definition) is 1. The third kappa shape index (κ3) is 3.46. The van der Waals surface area contributed by atoms with Crippen LogP contribution in [-0.4, -0.2) is 39.5 Å². The van der Waals surface area contributed by atoms with E-state index < -0.39 is 21.3 Å². The van der Waals surface area contributed by atoms with Crippen LogP contribution in [0.25, 0.3) is 0 Å². The standard InChI is InChI=1S/C16H20N2O5S/c1-18-16(12-5-7-13(21-2)8-6-12)15(11-23-18)24(19,20)17-10-14-4-3-9-22-14/h3-9,15-17H,10-11H2,1-2H3. The lowest BCUT2D eigenvalue weighted by molar-refractivity contribution is -0.110. The number of nitrogens with zero attached hydrogens (tertiary/aromatic N) is 1. The Bertz CT molecular complexity index is 758. The molecule has 0 radical (unpaired) electrons. The van der Waals surface area contributed by atoms with Gasteiger partial charge in [0.1, 0.15) is 16.8 Å². The summed E-state index contributed by atoms with van der Waals surface area (Å²) < 4.78 is 38.3. The molecule has 1 fully saturated rings. The zero-order chi connectivity index (χ0) is 17.2. The molecule has 1 saturated heterocycles. The number of hydrogen-bond acceptors (Lipinski definition) is 6. The lowest BCUT2D eigenvalue weighted by Gasteiger charge is -2.23. The van der Waals surface area contributed by atoms with Gasteiger partial charge in [-0.1, -0.05) is 12.1 Å². The molecule has 1 aromatic carbocycles. The number of sulfonamides is 1. The summed E-state index contributed by atoms with van der Waals surface area (Å²) in [6, 6.07) is 10.4. The molecule has 2 unspecified atom stereocenters. The van der Waals surface area contributed by atoms with Crippen LogP contribution in [0.15, 0.2) is 47.1 Å². The second kappa shape index (κ2) is 6.94. The molecule has 2 heterocycles. The van der Waals surface area contributed by atoms with Crippen molar-refractivity contribution in [1.29, 1.82) is 0 Å². The van der Waals surface area contributed by atoms with E-state index in [4.69, 9.17) is 14.0 Å². The van der Waals surface area contributed by atoms with Gasteiger partial charge in [-0.2, -0.15) is 5.06 Å². The summed E-state index contributed by atoms with van der Waals surface area (Å²) in [5, 5.41) is 0.865. The van der Waals surface area contributed by atoms with Gasteiger partial charge in [-0.25, -0.2) is 13.1 Å². The van der Waals surface area contributed by atoms with Crippen LogP contribution in [-0.2, 0) is 21.4 Å². The largest absolute Gasteiger partial charge is 0.497 e. The van der Waals surface area contributed by atoms with Gasteiger partial charge in [0.2, 0.25) is 10.0 Å². The molecular weight excluding hydrogens is 332 g/mol. The van der Waals surface area contributed by atoms with Crippen molar-refractivity contribution in [3.05, 3.63) is 54.0 Å². The first kappa shape index (κ1) is 17.0. The number of furan rings is 1. The van der Waals surface area contributed by atoms with Gasteiger partial charge in [-0.3, -0.25) is 4.84 Å². The lowest BCUT2D eigenvalue weighted by atomic mass is 10.0. The Morgan fingerprint density at radius 3 is 2.67 bits per heavy atom. The van der Waals surface area contributed by atoms with E-state index >= 15 is 0 Å². The molecule has 7 nitrogen and oxygen atoms in total. The summed E-state index contributed by atoms with van der Waals surface area (Å²) in [6.45, 7) is 0.214. The summed E-state index contributed by atoms with van der Waals surface area (Å²) in [4.78, 5) is 5.47. The van der Waals surface area contributed by atoms with Crippen molar-refractivity contribution in [2.75, 3.05) is 20.8 Å². The van der Waals surface area contributed by atoms with Gasteiger partial charge in [0, 0.05) is 7.05 Å². The second-order valence-electron chi connectivity index (χ2n) is 5.54. The highest BCUT2D eigenvalue weighted by Crippen LogP contribution is 2.34. The Morgan fingerprint density at radius 1 is 1.29 bits per heavy atom. The lowest BCUT2D eigenvalue weighted by Crippen LogP contribution is -2.39. The molecule has 0 saturated carbocycles. The number of nitrogens with one attached hydrogen (secondary N) is 1. The highest BCUT2D eigenvalue weighted by atomic mass is 32.2. The van der Waals surface area contributed by atoms with Gasteiger partial charge in [0.25, 0.3) is 0 Å². The van der Waals surface area contributed by atoms with E-state index in [2.05, 4.69) is 4.72 Å². The van der Waals surface area contributed by atoms with Gasteiger partial charge < -0.3 is 9.15 Å². The van der Waals surface area contributed by atoms with Gasteiger partial charge in [0.15, 0.2) is 0 Å². The second-order valence-corrected chi connectivity index (χ2v) is 7.53. The number of hydroxylamine groups is 2. The number of rotatable bonds is 6. The maximum atomic E-state index is 12.7. The fourth-order valence-electron chi connectivity index (χ4n) is 2.77. The Kier molecular flexibility index (Phi) is 4.91. The van der Waals surface area contributed by atoms with Crippen molar-refractivity contribution in [2.24, 2.45) is 0 Å². The van der Waals surface area contributed by atoms with Crippen LogP contribution in [0.5, 0.6) is 5.75 Å². The molecule has 0 bridgehead atoms. The van der Waals surface area contributed by atoms with Crippen molar-refractivity contribution < 1.29 is 22.4 Å². The first-order valence-corrected chi connectivity index (χ1v) is 9.06. The molecule has 1 aliphatic heterocycles. The molecule has 2 atom stereocenters. The first-order valence-electron chi connectivity index (χ1n) is 7.52. The minimum Gasteiger partial charge on any atom is -0.497 e. The minimum absolute atomic E-state index is 0.0979. The normalized spacial score (nSPS) is 21.9. The molecule has 8 heteroatoms. The third-order valence-electron chi connectivity index (χ3n) is 4.07. The molecule has 1 N–H and O–H groups in total. The molecule has 1 aromatic heterocycles. The summed E-state index contributed by atoms with van der Waals surface area (Å²) in [5.74, 6) is 1.28. The molecule has 24 heavy (non-hydrogen) atoms. The molecule has 130 valence electrons. The van der Waals surface area contributed by atoms with Crippen LogP contribution in [0.1, 0.15) is 17.4 Å². The van der Waals surface area contributed by atoms with E-state index in [0.717, 1.165) is 11.3 Å². The van der Waals surface area contributed by atoms with Crippen LogP contribution in [0.4, 0.5) is 0 Å². The molecule has 2 aromatic rings. The van der Waals surface area contributed by atoms with Crippen LogP contribution >= 0.6 is 0 Å². The van der Waals surface area contributed by atoms with E-state index in [-0.39, 0.29) is 13.2 Å². The van der Waals surface area contributed by atoms with Crippen molar-refractivity contribution in [3.63, 3.8) is 0 Å². The van der Waals surface area contributed by atoms with E-state index in [9.17, 15) is 8.42 Å². The van der Waals surface area contributed by atoms with E-state index in [1.165, 1.54) is 6.26 Å². The van der Waals surface area contributed by atoms with Crippen LogP contribution in [0.2, 0.25) is 0 Å². The van der Waals surface area contributed by atoms with Gasteiger partial charge >= 0.3 is 0 Å². The van der Waals surface area contributed by atoms with Crippen LogP contribution in [0, 0.1) is 0 Å². The molecule has 0 amide bonds. The highest BCUT2D eigenvalue weighted by Gasteiger charge is 2.43. The zero-order valence-electron chi connectivity index (χ0n) is 13.5. The van der Waals surface area contributed by atoms with Gasteiger partial charge in [0.05, 0.1) is 32.6 Å². The summed E-state index contributed by atoms with van der Waals surface area (Å²) in [5.41, 5.74) is 0.851. The fraction of sp³-hybridized carbons (Fsp3) is 0.375. The van der Waals surface area contributed by atoms with Crippen LogP contribution in [0.3, 0.4) is 0 Å². The number of methoxy groups -OCH3 is 1. The summed E-state index contributed by atoms with van der Waals surface area (Å²) in [6.07, 6.45) is 1.51. The maximum absolute atomic E-state index is 12.7. The SMILES string of the molecule is COc1ccc(C2C(S(=O)(=O)NCc3ccco3)CON2C)cc1. The highest BCUT2D eigenvalue weighted by molar-refractivity contribution is 7.90. The third-order valence-corrected chi connectivity index (χ3v) is 5.81. The minimum atomic E-state index is -3.59. The van der Waals surface area contributed by atoms with Crippen molar-refractivity contribution >= 4 is 10.0 Å². The average Bonchev–Trinajstić information content (AvgIpc) is 3.23. The average molecular weight is 352 g/mol. The Labute approximate surface area is 141 Å². The predicted molar refractivity (Wildman–Crippen MR) is 87.7 cm³/mol. The topological polar surface area (TPSA) is 81.0 Å². The summed E-state index contributed by atoms with van der Waals surface area (Å²) in [7, 11) is -0.268. The zero-order valence-corrected chi connectivity index (χ0v) is 14.3. The first-order chi connectivity index (χ1) is 11.5. The monoisotopic (exact) mass is 352 g/mol. The molecule has 0 aliphatic carbocycles. The number of benzene rings is 1. The molecular formula is C16H20N2O5S. The smallest absolute Gasteiger partial charge is 0.219 e. The van der Waals surface area contributed by atoms with Crippen molar-refractivity contribution in [2.45, 2.75) is 17.8 Å². The van der Waals surface area contributed by atoms with E-state index in [1.807, 2.05) is 12.1 Å².